The van der Waals surface area contributed by atoms with E-state index in [-0.39, 0.29) is 23.7 Å². The van der Waals surface area contributed by atoms with Crippen LogP contribution in [0.3, 0.4) is 0 Å². The molecule has 1 amide bonds. The second-order valence-corrected chi connectivity index (χ2v) is 7.91. The van der Waals surface area contributed by atoms with Crippen LogP contribution in [0.25, 0.3) is 16.6 Å². The number of benzene rings is 3. The summed E-state index contributed by atoms with van der Waals surface area (Å²) in [6.45, 7) is 1.97. The number of rotatable bonds is 4. The van der Waals surface area contributed by atoms with Crippen LogP contribution in [0, 0.1) is 11.7 Å². The summed E-state index contributed by atoms with van der Waals surface area (Å²) in [5.74, 6) is 0.542. The molecular formula is C25H22FN3O2. The number of anilines is 1. The van der Waals surface area contributed by atoms with Crippen molar-refractivity contribution < 1.29 is 13.9 Å². The molecule has 0 spiro atoms. The number of halogens is 1. The maximum absolute atomic E-state index is 13.3. The predicted octanol–water partition coefficient (Wildman–Crippen LogP) is 5.29. The van der Waals surface area contributed by atoms with E-state index in [1.54, 1.807) is 30.1 Å². The van der Waals surface area contributed by atoms with E-state index in [0.29, 0.717) is 0 Å². The Bertz CT molecular complexity index is 1270. The van der Waals surface area contributed by atoms with Gasteiger partial charge in [0.15, 0.2) is 0 Å². The second-order valence-electron chi connectivity index (χ2n) is 7.91. The third kappa shape index (κ3) is 3.34. The molecule has 1 fully saturated rings. The summed E-state index contributed by atoms with van der Waals surface area (Å²) in [6.07, 6.45) is 2.52. The van der Waals surface area contributed by atoms with E-state index < -0.39 is 0 Å². The maximum atomic E-state index is 13.3. The Balaban J connectivity index is 1.55. The van der Waals surface area contributed by atoms with Crippen LogP contribution in [-0.4, -0.2) is 22.8 Å². The van der Waals surface area contributed by atoms with Gasteiger partial charge in [0.2, 0.25) is 5.91 Å². The van der Waals surface area contributed by atoms with Crippen LogP contribution in [0.2, 0.25) is 0 Å². The van der Waals surface area contributed by atoms with Crippen LogP contribution >= 0.6 is 0 Å². The molecule has 5 nitrogen and oxygen atoms in total. The zero-order chi connectivity index (χ0) is 21.5. The predicted molar refractivity (Wildman–Crippen MR) is 118 cm³/mol. The highest BCUT2D eigenvalue weighted by molar-refractivity contribution is 6.00. The standard InChI is InChI=1S/C25H22FN3O2/c1-16-12-24(17-4-3-5-22(14-17)31-2)28(25(16)30)21-10-11-23-18(13-21)15-27-29(23)20-8-6-19(26)7-9-20/h3-11,13-16,24H,12H2,1-2H3/t16-,24-/m0/s1. The zero-order valence-corrected chi connectivity index (χ0v) is 17.3. The van der Waals surface area contributed by atoms with Gasteiger partial charge in [-0.2, -0.15) is 5.10 Å². The van der Waals surface area contributed by atoms with Gasteiger partial charge < -0.3 is 9.64 Å². The van der Waals surface area contributed by atoms with Gasteiger partial charge in [-0.1, -0.05) is 19.1 Å². The molecule has 0 saturated carbocycles. The molecule has 0 N–H and O–H groups in total. The fourth-order valence-electron chi connectivity index (χ4n) is 4.33. The summed E-state index contributed by atoms with van der Waals surface area (Å²) < 4.78 is 20.4. The Kier molecular flexibility index (Phi) is 4.70. The lowest BCUT2D eigenvalue weighted by molar-refractivity contribution is -0.120. The molecule has 0 aliphatic carbocycles. The molecule has 156 valence electrons. The van der Waals surface area contributed by atoms with Gasteiger partial charge in [-0.25, -0.2) is 9.07 Å². The molecule has 1 aliphatic heterocycles. The minimum atomic E-state index is -0.284. The molecule has 2 atom stereocenters. The van der Waals surface area contributed by atoms with E-state index in [2.05, 4.69) is 5.10 Å². The number of ether oxygens (including phenoxy) is 1. The first-order valence-corrected chi connectivity index (χ1v) is 10.3. The third-order valence-electron chi connectivity index (χ3n) is 5.93. The average Bonchev–Trinajstić information content (AvgIpc) is 3.35. The number of hydrogen-bond donors (Lipinski definition) is 0. The molecule has 0 bridgehead atoms. The lowest BCUT2D eigenvalue weighted by Gasteiger charge is -2.25. The van der Waals surface area contributed by atoms with E-state index in [1.807, 2.05) is 54.3 Å². The number of amides is 1. The van der Waals surface area contributed by atoms with Crippen molar-refractivity contribution in [2.45, 2.75) is 19.4 Å². The Labute approximate surface area is 179 Å². The van der Waals surface area contributed by atoms with Crippen LogP contribution in [0.4, 0.5) is 10.1 Å². The largest absolute Gasteiger partial charge is 0.497 e. The highest BCUT2D eigenvalue weighted by Gasteiger charge is 2.38. The van der Waals surface area contributed by atoms with Gasteiger partial charge in [-0.15, -0.1) is 0 Å². The molecule has 0 radical (unpaired) electrons. The molecule has 4 aromatic rings. The van der Waals surface area contributed by atoms with Gasteiger partial charge in [0.25, 0.3) is 0 Å². The Morgan fingerprint density at radius 2 is 1.81 bits per heavy atom. The quantitative estimate of drug-likeness (QED) is 0.455. The van der Waals surface area contributed by atoms with Crippen LogP contribution in [0.5, 0.6) is 5.75 Å². The topological polar surface area (TPSA) is 47.4 Å². The molecule has 6 heteroatoms. The van der Waals surface area contributed by atoms with E-state index in [9.17, 15) is 9.18 Å². The van der Waals surface area contributed by atoms with E-state index in [1.165, 1.54) is 12.1 Å². The fraction of sp³-hybridized carbons (Fsp3) is 0.200. The zero-order valence-electron chi connectivity index (χ0n) is 17.3. The van der Waals surface area contributed by atoms with Gasteiger partial charge in [0, 0.05) is 17.0 Å². The Hall–Kier alpha value is -3.67. The van der Waals surface area contributed by atoms with Crippen molar-refractivity contribution in [2.75, 3.05) is 12.0 Å². The molecule has 5 rings (SSSR count). The first-order valence-electron chi connectivity index (χ1n) is 10.3. The summed E-state index contributed by atoms with van der Waals surface area (Å²) in [6, 6.07) is 20.0. The summed E-state index contributed by atoms with van der Waals surface area (Å²) in [7, 11) is 1.64. The van der Waals surface area contributed by atoms with Crippen molar-refractivity contribution in [2.24, 2.45) is 5.92 Å². The van der Waals surface area contributed by atoms with Crippen molar-refractivity contribution in [1.82, 2.24) is 9.78 Å². The van der Waals surface area contributed by atoms with Crippen molar-refractivity contribution >= 4 is 22.5 Å². The Morgan fingerprint density at radius 1 is 1.03 bits per heavy atom. The summed E-state index contributed by atoms with van der Waals surface area (Å²) in [5, 5.41) is 5.39. The number of carbonyl (C=O) groups excluding carboxylic acids is 1. The molecule has 1 saturated heterocycles. The first kappa shape index (κ1) is 19.3. The van der Waals surface area contributed by atoms with Gasteiger partial charge in [0.1, 0.15) is 11.6 Å². The van der Waals surface area contributed by atoms with Crippen LogP contribution in [0.1, 0.15) is 24.9 Å². The number of nitrogens with zero attached hydrogens (tertiary/aromatic N) is 3. The highest BCUT2D eigenvalue weighted by Crippen LogP contribution is 2.41. The SMILES string of the molecule is COc1cccc([C@@H]2C[C@H](C)C(=O)N2c2ccc3c(cnn3-c3ccc(F)cc3)c2)c1. The minimum Gasteiger partial charge on any atom is -0.497 e. The first-order chi connectivity index (χ1) is 15.0. The van der Waals surface area contributed by atoms with Crippen molar-refractivity contribution in [1.29, 1.82) is 0 Å². The van der Waals surface area contributed by atoms with Crippen LogP contribution < -0.4 is 9.64 Å². The van der Waals surface area contributed by atoms with Gasteiger partial charge in [-0.3, -0.25) is 4.79 Å². The van der Waals surface area contributed by atoms with E-state index in [4.69, 9.17) is 4.74 Å². The van der Waals surface area contributed by atoms with Crippen molar-refractivity contribution in [3.63, 3.8) is 0 Å². The molecule has 3 aromatic carbocycles. The summed E-state index contributed by atoms with van der Waals surface area (Å²) in [5.41, 5.74) is 3.57. The number of hydrogen-bond acceptors (Lipinski definition) is 3. The average molecular weight is 415 g/mol. The smallest absolute Gasteiger partial charge is 0.230 e. The molecular weight excluding hydrogens is 393 g/mol. The monoisotopic (exact) mass is 415 g/mol. The number of fused-ring (bicyclic) bond motifs is 1. The van der Waals surface area contributed by atoms with E-state index in [0.717, 1.165) is 40.0 Å². The Morgan fingerprint density at radius 3 is 2.58 bits per heavy atom. The maximum Gasteiger partial charge on any atom is 0.230 e. The normalized spacial score (nSPS) is 18.7. The lowest BCUT2D eigenvalue weighted by Crippen LogP contribution is -2.28. The van der Waals surface area contributed by atoms with Gasteiger partial charge in [-0.05, 0) is 66.6 Å². The highest BCUT2D eigenvalue weighted by atomic mass is 19.1. The summed E-state index contributed by atoms with van der Waals surface area (Å²) >= 11 is 0. The minimum absolute atomic E-state index is 0.0535. The fourth-order valence-corrected chi connectivity index (χ4v) is 4.33. The molecule has 0 unspecified atom stereocenters. The molecule has 31 heavy (non-hydrogen) atoms. The molecule has 1 aliphatic rings. The molecule has 1 aromatic heterocycles. The second kappa shape index (κ2) is 7.54. The van der Waals surface area contributed by atoms with Crippen molar-refractivity contribution in [3.05, 3.63) is 84.3 Å². The van der Waals surface area contributed by atoms with Gasteiger partial charge in [0.05, 0.1) is 30.6 Å². The third-order valence-corrected chi connectivity index (χ3v) is 5.93. The van der Waals surface area contributed by atoms with Gasteiger partial charge >= 0.3 is 0 Å². The summed E-state index contributed by atoms with van der Waals surface area (Å²) in [4.78, 5) is 15.0. The number of carbonyl (C=O) groups is 1. The van der Waals surface area contributed by atoms with Crippen LogP contribution in [0.15, 0.2) is 72.9 Å². The van der Waals surface area contributed by atoms with Crippen LogP contribution in [-0.2, 0) is 4.79 Å². The van der Waals surface area contributed by atoms with Crippen molar-refractivity contribution in [3.8, 4) is 11.4 Å². The number of aromatic nitrogens is 2. The number of methoxy groups -OCH3 is 1. The molecule has 2 heterocycles. The lowest BCUT2D eigenvalue weighted by atomic mass is 10.0. The van der Waals surface area contributed by atoms with E-state index >= 15 is 0 Å².